The van der Waals surface area contributed by atoms with Gasteiger partial charge in [-0.25, -0.2) is 0 Å². The van der Waals surface area contributed by atoms with E-state index in [9.17, 15) is 9.59 Å². The molecule has 4 rings (SSSR count). The monoisotopic (exact) mass is 363 g/mol. The van der Waals surface area contributed by atoms with E-state index in [0.29, 0.717) is 5.69 Å². The Labute approximate surface area is 157 Å². The summed E-state index contributed by atoms with van der Waals surface area (Å²) in [5.41, 5.74) is 3.38. The summed E-state index contributed by atoms with van der Waals surface area (Å²) in [6, 6.07) is 15.4. The lowest BCUT2D eigenvalue weighted by Crippen LogP contribution is -2.28. The van der Waals surface area contributed by atoms with E-state index in [0.717, 1.165) is 27.8 Å². The molecule has 1 aliphatic rings. The van der Waals surface area contributed by atoms with Crippen LogP contribution in [0.4, 0.5) is 0 Å². The summed E-state index contributed by atoms with van der Waals surface area (Å²) in [4.78, 5) is 26.0. The van der Waals surface area contributed by atoms with E-state index >= 15 is 0 Å². The molecule has 0 spiro atoms. The van der Waals surface area contributed by atoms with Gasteiger partial charge in [-0.2, -0.15) is 0 Å². The fourth-order valence-electron chi connectivity index (χ4n) is 4.15. The highest BCUT2D eigenvalue weighted by molar-refractivity contribution is 6.16. The number of aromatic nitrogens is 1. The highest BCUT2D eigenvalue weighted by atomic mass is 16.5. The van der Waals surface area contributed by atoms with Crippen molar-refractivity contribution in [1.82, 2.24) is 4.57 Å². The van der Waals surface area contributed by atoms with Crippen molar-refractivity contribution in [1.29, 1.82) is 0 Å². The van der Waals surface area contributed by atoms with Crippen LogP contribution in [0.25, 0.3) is 10.9 Å². The van der Waals surface area contributed by atoms with Crippen LogP contribution in [0.2, 0.25) is 0 Å². The molecule has 138 valence electrons. The van der Waals surface area contributed by atoms with Gasteiger partial charge < -0.3 is 14.0 Å². The van der Waals surface area contributed by atoms with E-state index in [1.165, 1.54) is 0 Å². The maximum atomic E-state index is 13.3. The van der Waals surface area contributed by atoms with Gasteiger partial charge in [-0.1, -0.05) is 30.3 Å². The first kappa shape index (κ1) is 17.3. The number of fused-ring (bicyclic) bond motifs is 3. The van der Waals surface area contributed by atoms with Gasteiger partial charge in [-0.15, -0.1) is 0 Å². The number of carbonyl (C=O) groups excluding carboxylic acids is 2. The minimum absolute atomic E-state index is 0.178. The van der Waals surface area contributed by atoms with Crippen LogP contribution in [-0.2, 0) is 16.6 Å². The third-order valence-electron chi connectivity index (χ3n) is 5.32. The van der Waals surface area contributed by atoms with Crippen LogP contribution < -0.4 is 4.74 Å². The maximum absolute atomic E-state index is 13.3. The van der Waals surface area contributed by atoms with Crippen molar-refractivity contribution in [2.75, 3.05) is 13.7 Å². The summed E-state index contributed by atoms with van der Waals surface area (Å²) in [7, 11) is 3.48. The van der Waals surface area contributed by atoms with Crippen LogP contribution in [0.3, 0.4) is 0 Å². The minimum Gasteiger partial charge on any atom is -0.497 e. The summed E-state index contributed by atoms with van der Waals surface area (Å²) in [5.74, 6) is -1.15. The number of Topliss-reactive ketones (excluding diaryl/α,β-unsaturated/α-hetero) is 1. The smallest absolute Gasteiger partial charge is 0.317 e. The molecule has 1 heterocycles. The number of ether oxygens (including phenoxy) is 2. The van der Waals surface area contributed by atoms with E-state index in [-0.39, 0.29) is 18.3 Å². The molecule has 5 heteroatoms. The molecular weight excluding hydrogens is 342 g/mol. The van der Waals surface area contributed by atoms with Gasteiger partial charge in [0.25, 0.3) is 0 Å². The van der Waals surface area contributed by atoms with Crippen molar-refractivity contribution < 1.29 is 19.1 Å². The molecule has 0 N–H and O–H groups in total. The lowest BCUT2D eigenvalue weighted by Gasteiger charge is -2.19. The molecule has 5 nitrogen and oxygen atoms in total. The minimum atomic E-state index is -0.862. The Hall–Kier alpha value is -3.08. The van der Waals surface area contributed by atoms with Gasteiger partial charge in [-0.3, -0.25) is 9.59 Å². The number of nitrogens with zero attached hydrogens (tertiary/aromatic N) is 1. The zero-order chi connectivity index (χ0) is 19.1. The second-order valence-corrected chi connectivity index (χ2v) is 6.68. The lowest BCUT2D eigenvalue weighted by atomic mass is 9.84. The predicted molar refractivity (Wildman–Crippen MR) is 102 cm³/mol. The average molecular weight is 363 g/mol. The Morgan fingerprint density at radius 2 is 1.81 bits per heavy atom. The SMILES string of the molecule is CCOC(=O)[C@H]1C(=O)c2c(c3ccccc3n2C)[C@@H]1c1ccc(OC)cc1. The third kappa shape index (κ3) is 2.53. The Morgan fingerprint density at radius 1 is 1.11 bits per heavy atom. The van der Waals surface area contributed by atoms with E-state index < -0.39 is 11.9 Å². The Balaban J connectivity index is 1.95. The number of benzene rings is 2. The topological polar surface area (TPSA) is 57.5 Å². The Morgan fingerprint density at radius 3 is 2.48 bits per heavy atom. The van der Waals surface area contributed by atoms with E-state index in [2.05, 4.69) is 0 Å². The summed E-state index contributed by atoms with van der Waals surface area (Å²) in [6.45, 7) is 2.00. The van der Waals surface area contributed by atoms with Crippen LogP contribution in [0, 0.1) is 5.92 Å². The van der Waals surface area contributed by atoms with Gasteiger partial charge in [0.1, 0.15) is 11.7 Å². The first-order valence-electron chi connectivity index (χ1n) is 9.00. The Bertz CT molecular complexity index is 1030. The molecule has 0 amide bonds. The number of esters is 1. The molecule has 0 saturated carbocycles. The van der Waals surface area contributed by atoms with Crippen molar-refractivity contribution in [2.45, 2.75) is 12.8 Å². The highest BCUT2D eigenvalue weighted by Gasteiger charge is 2.49. The van der Waals surface area contributed by atoms with Gasteiger partial charge >= 0.3 is 5.97 Å². The first-order chi connectivity index (χ1) is 13.1. The number of ketones is 1. The number of rotatable bonds is 4. The van der Waals surface area contributed by atoms with Crippen LogP contribution in [0.5, 0.6) is 5.75 Å². The number of hydrogen-bond donors (Lipinski definition) is 0. The van der Waals surface area contributed by atoms with Gasteiger partial charge in [0.2, 0.25) is 0 Å². The fourth-order valence-corrected chi connectivity index (χ4v) is 4.15. The number of para-hydroxylation sites is 1. The quantitative estimate of drug-likeness (QED) is 0.524. The molecule has 1 aliphatic carbocycles. The van der Waals surface area contributed by atoms with Crippen LogP contribution in [-0.4, -0.2) is 30.0 Å². The molecule has 2 atom stereocenters. The average Bonchev–Trinajstić information content (AvgIpc) is 3.16. The molecule has 0 radical (unpaired) electrons. The normalized spacial score (nSPS) is 18.6. The van der Waals surface area contributed by atoms with Crippen LogP contribution in [0.15, 0.2) is 48.5 Å². The lowest BCUT2D eigenvalue weighted by molar-refractivity contribution is -0.146. The van der Waals surface area contributed by atoms with Gasteiger partial charge in [-0.05, 0) is 36.2 Å². The summed E-state index contributed by atoms with van der Waals surface area (Å²) < 4.78 is 12.4. The molecule has 0 aliphatic heterocycles. The van der Waals surface area contributed by atoms with Crippen molar-refractivity contribution in [3.05, 3.63) is 65.4 Å². The van der Waals surface area contributed by atoms with E-state index in [1.807, 2.05) is 60.1 Å². The van der Waals surface area contributed by atoms with E-state index in [4.69, 9.17) is 9.47 Å². The Kier molecular flexibility index (Phi) is 4.22. The first-order valence-corrected chi connectivity index (χ1v) is 9.00. The maximum Gasteiger partial charge on any atom is 0.317 e. The number of aryl methyl sites for hydroxylation is 1. The molecule has 0 fully saturated rings. The molecule has 3 aromatic rings. The van der Waals surface area contributed by atoms with Crippen LogP contribution in [0.1, 0.15) is 34.5 Å². The second-order valence-electron chi connectivity index (χ2n) is 6.68. The van der Waals surface area contributed by atoms with Gasteiger partial charge in [0.05, 0.1) is 19.4 Å². The molecular formula is C22H21NO4. The number of carbonyl (C=O) groups is 2. The molecule has 0 saturated heterocycles. The molecule has 2 aromatic carbocycles. The van der Waals surface area contributed by atoms with Crippen molar-refractivity contribution >= 4 is 22.7 Å². The van der Waals surface area contributed by atoms with Gasteiger partial charge in [0, 0.05) is 23.9 Å². The zero-order valence-corrected chi connectivity index (χ0v) is 15.6. The standard InChI is InChI=1S/C22H21NO4/c1-4-27-22(25)19-17(13-9-11-14(26-3)12-10-13)18-15-7-5-6-8-16(15)23(2)20(18)21(19)24/h5-12,17,19H,4H2,1-3H3/t17-,19+/m0/s1. The highest BCUT2D eigenvalue weighted by Crippen LogP contribution is 2.47. The third-order valence-corrected chi connectivity index (χ3v) is 5.32. The molecule has 0 bridgehead atoms. The van der Waals surface area contributed by atoms with Crippen molar-refractivity contribution in [3.63, 3.8) is 0 Å². The van der Waals surface area contributed by atoms with Crippen molar-refractivity contribution in [3.8, 4) is 5.75 Å². The zero-order valence-electron chi connectivity index (χ0n) is 15.6. The predicted octanol–water partition coefficient (Wildman–Crippen LogP) is 3.69. The van der Waals surface area contributed by atoms with Crippen molar-refractivity contribution in [2.24, 2.45) is 13.0 Å². The second kappa shape index (κ2) is 6.58. The summed E-state index contributed by atoms with van der Waals surface area (Å²) in [6.07, 6.45) is 0. The van der Waals surface area contributed by atoms with Gasteiger partial charge in [0.15, 0.2) is 5.78 Å². The fraction of sp³-hybridized carbons (Fsp3) is 0.273. The van der Waals surface area contributed by atoms with E-state index in [1.54, 1.807) is 14.0 Å². The largest absolute Gasteiger partial charge is 0.497 e. The molecule has 0 unspecified atom stereocenters. The summed E-state index contributed by atoms with van der Waals surface area (Å²) >= 11 is 0. The number of methoxy groups -OCH3 is 1. The number of hydrogen-bond acceptors (Lipinski definition) is 4. The molecule has 1 aromatic heterocycles. The molecule has 27 heavy (non-hydrogen) atoms. The van der Waals surface area contributed by atoms with Crippen LogP contribution >= 0.6 is 0 Å². The summed E-state index contributed by atoms with van der Waals surface area (Å²) in [5, 5.41) is 0.996.